The minimum absolute atomic E-state index is 0. The average molecular weight is 393 g/mol. The Balaban J connectivity index is 0.00000338. The number of carbonyl (C=O) groups excluding carboxylic acids is 1. The molecule has 0 fully saturated rings. The Bertz CT molecular complexity index is 751. The van der Waals surface area contributed by atoms with Crippen molar-refractivity contribution in [3.63, 3.8) is 0 Å². The van der Waals surface area contributed by atoms with Crippen LogP contribution in [0.25, 0.3) is 5.32 Å². The summed E-state index contributed by atoms with van der Waals surface area (Å²) in [6.45, 7) is 0. The number of benzene rings is 1. The van der Waals surface area contributed by atoms with E-state index >= 15 is 0 Å². The van der Waals surface area contributed by atoms with Gasteiger partial charge in [-0.3, -0.25) is 0 Å². The van der Waals surface area contributed by atoms with E-state index in [1.807, 2.05) is 0 Å². The number of nitrogens with zero attached hydrogens (tertiary/aromatic N) is 4. The van der Waals surface area contributed by atoms with Crippen LogP contribution in [0.15, 0.2) is 24.3 Å². The minimum atomic E-state index is -6.62. The molecule has 2 rings (SSSR count). The normalized spacial score (nSPS) is 12.4. The summed E-state index contributed by atoms with van der Waals surface area (Å²) < 4.78 is 88.7. The number of tetrazole rings is 1. The molecule has 0 saturated heterocycles. The number of nitrogens with one attached hydrogen (secondary N) is 1. The summed E-state index contributed by atoms with van der Waals surface area (Å²) in [5.74, 6) is -15.5. The van der Waals surface area contributed by atoms with Gasteiger partial charge in [0, 0.05) is 6.42 Å². The summed E-state index contributed by atoms with van der Waals surface area (Å²) in [6.07, 6.45) is -6.80. The van der Waals surface area contributed by atoms with E-state index in [2.05, 4.69) is 25.9 Å². The van der Waals surface area contributed by atoms with Crippen molar-refractivity contribution in [3.8, 4) is 0 Å². The van der Waals surface area contributed by atoms with Crippen LogP contribution >= 0.6 is 0 Å². The van der Waals surface area contributed by atoms with E-state index in [-0.39, 0.29) is 47.4 Å². The zero-order valence-electron chi connectivity index (χ0n) is 12.9. The van der Waals surface area contributed by atoms with E-state index in [1.54, 1.807) is 0 Å². The van der Waals surface area contributed by atoms with Crippen LogP contribution in [-0.4, -0.2) is 44.6 Å². The summed E-state index contributed by atoms with van der Waals surface area (Å²) in [4.78, 5) is 11.3. The monoisotopic (exact) mass is 393 g/mol. The van der Waals surface area contributed by atoms with Crippen molar-refractivity contribution in [2.24, 2.45) is 0 Å². The molecular formula is C12H7F7N5NaO. The predicted molar refractivity (Wildman–Crippen MR) is 67.4 cm³/mol. The first-order valence-electron chi connectivity index (χ1n) is 6.35. The van der Waals surface area contributed by atoms with E-state index in [4.69, 9.17) is 0 Å². The Hall–Kier alpha value is -1.73. The number of carbonyl (C=O) groups is 1. The molecule has 0 saturated carbocycles. The molecule has 1 aromatic heterocycles. The second-order valence-corrected chi connectivity index (χ2v) is 4.70. The van der Waals surface area contributed by atoms with Crippen molar-refractivity contribution < 1.29 is 65.1 Å². The largest absolute Gasteiger partial charge is 1.00 e. The van der Waals surface area contributed by atoms with Gasteiger partial charge in [-0.25, -0.2) is 0 Å². The number of amides is 1. The van der Waals surface area contributed by atoms with E-state index in [9.17, 15) is 35.5 Å². The van der Waals surface area contributed by atoms with Crippen molar-refractivity contribution >= 4 is 11.6 Å². The third kappa shape index (κ3) is 4.32. The van der Waals surface area contributed by atoms with Gasteiger partial charge in [-0.15, -0.1) is 15.9 Å². The third-order valence-electron chi connectivity index (χ3n) is 2.97. The molecule has 6 nitrogen and oxygen atoms in total. The SMILES string of the molecule is O=C([N-]c1ccccc1Cc1nn[nH]n1)C(F)(F)C(F)(F)C(F)(F)F.[Na+]. The van der Waals surface area contributed by atoms with Crippen molar-refractivity contribution in [1.82, 2.24) is 20.6 Å². The molecule has 0 aliphatic rings. The first-order chi connectivity index (χ1) is 11.5. The van der Waals surface area contributed by atoms with Crippen molar-refractivity contribution in [3.05, 3.63) is 41.0 Å². The Morgan fingerprint density at radius 3 is 2.23 bits per heavy atom. The molecule has 1 heterocycles. The fraction of sp³-hybridized carbons (Fsp3) is 0.333. The molecule has 0 unspecified atom stereocenters. The molecule has 136 valence electrons. The van der Waals surface area contributed by atoms with Gasteiger partial charge in [0.25, 0.3) is 0 Å². The van der Waals surface area contributed by atoms with Crippen LogP contribution in [0.5, 0.6) is 0 Å². The number of halogens is 7. The first-order valence-corrected chi connectivity index (χ1v) is 6.35. The molecule has 1 N–H and O–H groups in total. The van der Waals surface area contributed by atoms with Crippen molar-refractivity contribution in [1.29, 1.82) is 0 Å². The summed E-state index contributed by atoms with van der Waals surface area (Å²) in [7, 11) is 0. The number of para-hydroxylation sites is 1. The van der Waals surface area contributed by atoms with Gasteiger partial charge in [0.05, 0.1) is 0 Å². The topological polar surface area (TPSA) is 85.6 Å². The molecule has 0 bridgehead atoms. The molecule has 0 spiro atoms. The van der Waals surface area contributed by atoms with Gasteiger partial charge in [0.15, 0.2) is 5.82 Å². The predicted octanol–water partition coefficient (Wildman–Crippen LogP) is 0.159. The average Bonchev–Trinajstić information content (AvgIpc) is 3.00. The Kier molecular flexibility index (Phi) is 6.76. The van der Waals surface area contributed by atoms with Crippen LogP contribution in [0.4, 0.5) is 36.4 Å². The van der Waals surface area contributed by atoms with Crippen LogP contribution in [0.1, 0.15) is 11.4 Å². The maximum Gasteiger partial charge on any atom is 1.00 e. The molecule has 26 heavy (non-hydrogen) atoms. The van der Waals surface area contributed by atoms with E-state index in [0.717, 1.165) is 6.07 Å². The Morgan fingerprint density at radius 2 is 1.69 bits per heavy atom. The molecule has 14 heteroatoms. The van der Waals surface area contributed by atoms with Gasteiger partial charge >= 0.3 is 47.6 Å². The fourth-order valence-corrected chi connectivity index (χ4v) is 1.69. The number of aromatic nitrogens is 4. The molecule has 1 aromatic carbocycles. The molecule has 0 aliphatic heterocycles. The van der Waals surface area contributed by atoms with Crippen LogP contribution in [0.2, 0.25) is 0 Å². The second-order valence-electron chi connectivity index (χ2n) is 4.70. The van der Waals surface area contributed by atoms with Crippen LogP contribution in [0, 0.1) is 0 Å². The quantitative estimate of drug-likeness (QED) is 0.580. The van der Waals surface area contributed by atoms with Crippen LogP contribution in [-0.2, 0) is 11.2 Å². The smallest absolute Gasteiger partial charge is 0.621 e. The van der Waals surface area contributed by atoms with Gasteiger partial charge in [-0.2, -0.15) is 35.9 Å². The summed E-state index contributed by atoms with van der Waals surface area (Å²) in [5.41, 5.74) is -0.474. The number of aromatic amines is 1. The third-order valence-corrected chi connectivity index (χ3v) is 2.97. The van der Waals surface area contributed by atoms with Crippen molar-refractivity contribution in [2.45, 2.75) is 24.4 Å². The van der Waals surface area contributed by atoms with E-state index in [0.29, 0.717) is 0 Å². The fourth-order valence-electron chi connectivity index (χ4n) is 1.69. The van der Waals surface area contributed by atoms with Crippen LogP contribution in [0.3, 0.4) is 0 Å². The summed E-state index contributed by atoms with van der Waals surface area (Å²) in [6, 6.07) is 4.91. The van der Waals surface area contributed by atoms with Gasteiger partial charge in [-0.1, -0.05) is 35.0 Å². The number of rotatable bonds is 5. The zero-order chi connectivity index (χ0) is 18.9. The molecule has 0 atom stereocenters. The maximum atomic E-state index is 13.3. The van der Waals surface area contributed by atoms with E-state index in [1.165, 1.54) is 18.2 Å². The standard InChI is InChI=1S/C12H8F7N5O.Na/c13-10(14,11(15,16)12(17,18)19)9(25)20-7-4-2-1-3-6(7)5-8-21-23-24-22-8;/h1-4H,5H2,(H2,20,21,22,23,24,25);/q;+1/p-1. The molecule has 0 aliphatic carbocycles. The van der Waals surface area contributed by atoms with E-state index < -0.39 is 29.6 Å². The summed E-state index contributed by atoms with van der Waals surface area (Å²) in [5, 5.41) is 15.2. The summed E-state index contributed by atoms with van der Waals surface area (Å²) >= 11 is 0. The van der Waals surface area contributed by atoms with Crippen LogP contribution < -0.4 is 29.6 Å². The van der Waals surface area contributed by atoms with Gasteiger partial charge in [0.2, 0.25) is 0 Å². The van der Waals surface area contributed by atoms with Gasteiger partial charge in [0.1, 0.15) is 5.91 Å². The second kappa shape index (κ2) is 7.88. The molecule has 2 aromatic rings. The number of H-pyrrole nitrogens is 1. The number of hydrogen-bond acceptors (Lipinski definition) is 4. The number of hydrogen-bond donors (Lipinski definition) is 1. The minimum Gasteiger partial charge on any atom is -0.621 e. The molecule has 1 amide bonds. The Morgan fingerprint density at radius 1 is 1.08 bits per heavy atom. The molecule has 0 radical (unpaired) electrons. The molecular weight excluding hydrogens is 386 g/mol. The Labute approximate surface area is 162 Å². The van der Waals surface area contributed by atoms with Gasteiger partial charge in [-0.05, 0) is 0 Å². The zero-order valence-corrected chi connectivity index (χ0v) is 14.9. The first kappa shape index (κ1) is 22.3. The van der Waals surface area contributed by atoms with Gasteiger partial charge < -0.3 is 10.1 Å². The maximum absolute atomic E-state index is 13.3. The number of alkyl halides is 7. The van der Waals surface area contributed by atoms with Crippen molar-refractivity contribution in [2.75, 3.05) is 0 Å².